The Morgan fingerprint density at radius 1 is 1.56 bits per heavy atom. The summed E-state index contributed by atoms with van der Waals surface area (Å²) in [6.45, 7) is 1.82. The number of rotatable bonds is 2. The van der Waals surface area contributed by atoms with Crippen molar-refractivity contribution >= 4 is 50.7 Å². The Morgan fingerprint density at radius 2 is 2.28 bits per heavy atom. The topological polar surface area (TPSA) is 56.2 Å². The molecule has 18 heavy (non-hydrogen) atoms. The molecule has 0 bridgehead atoms. The van der Waals surface area contributed by atoms with E-state index in [1.54, 1.807) is 24.5 Å². The van der Waals surface area contributed by atoms with Crippen LogP contribution >= 0.6 is 38.5 Å². The van der Waals surface area contributed by atoms with Crippen LogP contribution in [0.3, 0.4) is 0 Å². The molecule has 2 N–H and O–H groups in total. The second-order valence-electron chi connectivity index (χ2n) is 3.59. The fourth-order valence-electron chi connectivity index (χ4n) is 1.36. The van der Waals surface area contributed by atoms with Crippen LogP contribution in [0, 0.1) is 16.3 Å². The van der Waals surface area contributed by atoms with Gasteiger partial charge in [0.15, 0.2) is 5.82 Å². The lowest BCUT2D eigenvalue weighted by atomic mass is 10.2. The maximum absolute atomic E-state index is 13.6. The van der Waals surface area contributed by atoms with Crippen LogP contribution in [0.25, 0.3) is 0 Å². The molecule has 0 aliphatic carbocycles. The van der Waals surface area contributed by atoms with Gasteiger partial charge in [-0.1, -0.05) is 6.07 Å². The number of halogens is 3. The molecule has 0 radical (unpaired) electrons. The summed E-state index contributed by atoms with van der Waals surface area (Å²) in [7, 11) is 0. The van der Waals surface area contributed by atoms with E-state index in [0.29, 0.717) is 19.6 Å². The highest BCUT2D eigenvalue weighted by Gasteiger charge is 2.08. The molecule has 0 spiro atoms. The molecule has 2 aromatic rings. The molecule has 7 heteroatoms. The van der Waals surface area contributed by atoms with Crippen LogP contribution in [-0.2, 0) is 0 Å². The molecule has 0 saturated carbocycles. The Hall–Kier alpha value is -0.960. The van der Waals surface area contributed by atoms with Crippen LogP contribution in [0.5, 0.6) is 0 Å². The normalized spacial score (nSPS) is 11.3. The number of benzene rings is 1. The predicted molar refractivity (Wildman–Crippen MR) is 81.2 cm³/mol. The molecule has 2 rings (SSSR count). The summed E-state index contributed by atoms with van der Waals surface area (Å²) in [6.07, 6.45) is 3.25. The number of hydrogen-bond acceptors (Lipinski definition) is 3. The van der Waals surface area contributed by atoms with E-state index >= 15 is 0 Å². The third-order valence-electron chi connectivity index (χ3n) is 2.22. The van der Waals surface area contributed by atoms with E-state index in [4.69, 9.17) is 5.73 Å². The molecule has 1 aromatic carbocycles. The van der Waals surface area contributed by atoms with Gasteiger partial charge < -0.3 is 5.73 Å². The maximum atomic E-state index is 13.6. The molecule has 0 saturated heterocycles. The van der Waals surface area contributed by atoms with Crippen LogP contribution in [0.15, 0.2) is 27.9 Å². The Labute approximate surface area is 125 Å². The lowest BCUT2D eigenvalue weighted by Crippen LogP contribution is -1.98. The summed E-state index contributed by atoms with van der Waals surface area (Å²) in [5, 5.41) is 4.15. The van der Waals surface area contributed by atoms with Gasteiger partial charge in [0.05, 0.1) is 26.1 Å². The van der Waals surface area contributed by atoms with Crippen molar-refractivity contribution in [1.29, 1.82) is 0 Å². The molecule has 0 amide bonds. The first-order valence-corrected chi connectivity index (χ1v) is 6.85. The lowest BCUT2D eigenvalue weighted by Gasteiger charge is -2.02. The average Bonchev–Trinajstić information content (AvgIpc) is 2.64. The zero-order valence-corrected chi connectivity index (χ0v) is 13.1. The number of nitrogens with two attached hydrogens (primary N) is 1. The highest BCUT2D eigenvalue weighted by atomic mass is 127. The SMILES string of the molecule is Cc1cn(N=Cc2ccc(Br)c(F)c2I)c(N)n1. The molecule has 1 aromatic heterocycles. The molecule has 1 heterocycles. The lowest BCUT2D eigenvalue weighted by molar-refractivity contribution is 0.613. The fourth-order valence-corrected chi connectivity index (χ4v) is 2.67. The van der Waals surface area contributed by atoms with Gasteiger partial charge in [-0.2, -0.15) is 5.10 Å². The highest BCUT2D eigenvalue weighted by molar-refractivity contribution is 14.1. The van der Waals surface area contributed by atoms with Crippen LogP contribution < -0.4 is 5.73 Å². The summed E-state index contributed by atoms with van der Waals surface area (Å²) in [6, 6.07) is 3.42. The monoisotopic (exact) mass is 422 g/mol. The standard InChI is InChI=1S/C11H9BrFIN4/c1-6-5-18(11(15)17-6)16-4-7-2-3-8(12)9(13)10(7)14/h2-5H,1H3,(H2,15,17). The van der Waals surface area contributed by atoms with Crippen molar-refractivity contribution in [2.45, 2.75) is 6.92 Å². The molecule has 0 atom stereocenters. The van der Waals surface area contributed by atoms with Crippen LogP contribution in [0.4, 0.5) is 10.3 Å². The van der Waals surface area contributed by atoms with E-state index in [1.165, 1.54) is 4.68 Å². The smallest absolute Gasteiger partial charge is 0.221 e. The van der Waals surface area contributed by atoms with Gasteiger partial charge in [0, 0.05) is 5.56 Å². The molecular formula is C11H9BrFIN4. The summed E-state index contributed by atoms with van der Waals surface area (Å²) < 4.78 is 16.0. The van der Waals surface area contributed by atoms with Crippen molar-refractivity contribution in [2.75, 3.05) is 5.73 Å². The van der Waals surface area contributed by atoms with Gasteiger partial charge >= 0.3 is 0 Å². The maximum Gasteiger partial charge on any atom is 0.221 e. The first-order chi connectivity index (χ1) is 8.49. The van der Waals surface area contributed by atoms with Crippen molar-refractivity contribution < 1.29 is 4.39 Å². The molecule has 0 unspecified atom stereocenters. The number of aromatic nitrogens is 2. The fraction of sp³-hybridized carbons (Fsp3) is 0.0909. The molecule has 0 aliphatic rings. The summed E-state index contributed by atoms with van der Waals surface area (Å²) in [4.78, 5) is 4.02. The Kier molecular flexibility index (Phi) is 4.00. The Bertz CT molecular complexity index is 624. The molecule has 94 valence electrons. The summed E-state index contributed by atoms with van der Waals surface area (Å²) in [5.41, 5.74) is 7.11. The molecule has 4 nitrogen and oxygen atoms in total. The van der Waals surface area contributed by atoms with Crippen molar-refractivity contribution in [1.82, 2.24) is 9.66 Å². The van der Waals surface area contributed by atoms with E-state index in [9.17, 15) is 4.39 Å². The van der Waals surface area contributed by atoms with Crippen molar-refractivity contribution in [3.63, 3.8) is 0 Å². The minimum absolute atomic E-state index is 0.297. The first kappa shape index (κ1) is 13.5. The Morgan fingerprint density at radius 3 is 2.89 bits per heavy atom. The van der Waals surface area contributed by atoms with E-state index in [-0.39, 0.29) is 5.82 Å². The molecule has 0 aliphatic heterocycles. The van der Waals surface area contributed by atoms with Crippen molar-refractivity contribution in [3.8, 4) is 0 Å². The van der Waals surface area contributed by atoms with Crippen molar-refractivity contribution in [2.24, 2.45) is 5.10 Å². The van der Waals surface area contributed by atoms with E-state index in [2.05, 4.69) is 26.0 Å². The third-order valence-corrected chi connectivity index (χ3v) is 3.93. The van der Waals surface area contributed by atoms with Gasteiger partial charge in [-0.15, -0.1) is 0 Å². The molecular weight excluding hydrogens is 414 g/mol. The quantitative estimate of drug-likeness (QED) is 0.459. The second kappa shape index (κ2) is 5.35. The van der Waals surface area contributed by atoms with E-state index in [0.717, 1.165) is 5.69 Å². The molecule has 0 fully saturated rings. The van der Waals surface area contributed by atoms with Crippen LogP contribution in [-0.4, -0.2) is 15.9 Å². The van der Waals surface area contributed by atoms with E-state index < -0.39 is 0 Å². The van der Waals surface area contributed by atoms with Gasteiger partial charge in [0.2, 0.25) is 5.95 Å². The zero-order valence-electron chi connectivity index (χ0n) is 9.36. The summed E-state index contributed by atoms with van der Waals surface area (Å²) in [5.74, 6) is 0.00525. The first-order valence-electron chi connectivity index (χ1n) is 4.98. The van der Waals surface area contributed by atoms with Gasteiger partial charge in [0.1, 0.15) is 0 Å². The number of imidazole rings is 1. The van der Waals surface area contributed by atoms with Crippen LogP contribution in [0.1, 0.15) is 11.3 Å². The van der Waals surface area contributed by atoms with E-state index in [1.807, 2.05) is 29.5 Å². The van der Waals surface area contributed by atoms with Gasteiger partial charge in [0.25, 0.3) is 0 Å². The number of nitrogen functional groups attached to an aromatic ring is 1. The third kappa shape index (κ3) is 2.72. The van der Waals surface area contributed by atoms with Gasteiger partial charge in [-0.25, -0.2) is 14.1 Å². The number of anilines is 1. The Balaban J connectivity index is 2.35. The van der Waals surface area contributed by atoms with Gasteiger partial charge in [-0.3, -0.25) is 0 Å². The largest absolute Gasteiger partial charge is 0.368 e. The number of hydrogen-bond donors (Lipinski definition) is 1. The highest BCUT2D eigenvalue weighted by Crippen LogP contribution is 2.23. The second-order valence-corrected chi connectivity index (χ2v) is 5.53. The zero-order chi connectivity index (χ0) is 13.3. The minimum Gasteiger partial charge on any atom is -0.368 e. The summed E-state index contributed by atoms with van der Waals surface area (Å²) >= 11 is 5.07. The minimum atomic E-state index is -0.297. The van der Waals surface area contributed by atoms with Gasteiger partial charge in [-0.05, 0) is 51.5 Å². The number of aryl methyl sites for hydroxylation is 1. The predicted octanol–water partition coefficient (Wildman–Crippen LogP) is 3.16. The van der Waals surface area contributed by atoms with Crippen LogP contribution in [0.2, 0.25) is 0 Å². The number of nitrogens with zero attached hydrogens (tertiary/aromatic N) is 3. The average molecular weight is 423 g/mol. The van der Waals surface area contributed by atoms with Crippen molar-refractivity contribution in [3.05, 3.63) is 43.4 Å².